The zero-order chi connectivity index (χ0) is 13.7. The molecule has 4 aromatic rings. The van der Waals surface area contributed by atoms with Crippen molar-refractivity contribution in [2.24, 2.45) is 0 Å². The van der Waals surface area contributed by atoms with Crippen molar-refractivity contribution in [3.05, 3.63) is 60.4 Å². The molecule has 0 fully saturated rings. The number of hydrogen-bond donors (Lipinski definition) is 2. The normalized spacial score (nSPS) is 11.5. The van der Waals surface area contributed by atoms with Gasteiger partial charge in [-0.25, -0.2) is 8.78 Å². The molecule has 4 rings (SSSR count). The Hall–Kier alpha value is -2.62. The van der Waals surface area contributed by atoms with Gasteiger partial charge in [0.15, 0.2) is 0 Å². The summed E-state index contributed by atoms with van der Waals surface area (Å²) < 4.78 is 26.9. The number of nitrogens with one attached hydrogen (secondary N) is 2. The number of fused-ring (bicyclic) bond motifs is 2. The highest BCUT2D eigenvalue weighted by atomic mass is 19.1. The van der Waals surface area contributed by atoms with Gasteiger partial charge in [-0.3, -0.25) is 0 Å². The molecule has 0 saturated carbocycles. The molecule has 2 aromatic heterocycles. The maximum Gasteiger partial charge on any atom is 0.123 e. The molecule has 0 atom stereocenters. The van der Waals surface area contributed by atoms with E-state index in [0.29, 0.717) is 0 Å². The zero-order valence-electron chi connectivity index (χ0n) is 10.4. The largest absolute Gasteiger partial charge is 0.361 e. The maximum atomic E-state index is 13.4. The number of benzene rings is 2. The molecule has 0 spiro atoms. The van der Waals surface area contributed by atoms with E-state index in [1.165, 1.54) is 24.3 Å². The molecule has 0 aliphatic carbocycles. The van der Waals surface area contributed by atoms with E-state index in [4.69, 9.17) is 0 Å². The molecule has 0 aliphatic rings. The van der Waals surface area contributed by atoms with E-state index in [1.807, 2.05) is 12.4 Å². The first-order valence-corrected chi connectivity index (χ1v) is 6.26. The average molecular weight is 268 g/mol. The van der Waals surface area contributed by atoms with Crippen LogP contribution < -0.4 is 0 Å². The van der Waals surface area contributed by atoms with Crippen LogP contribution in [0.15, 0.2) is 48.8 Å². The van der Waals surface area contributed by atoms with Gasteiger partial charge in [-0.2, -0.15) is 0 Å². The summed E-state index contributed by atoms with van der Waals surface area (Å²) in [6, 6.07) is 9.20. The molecule has 2 nitrogen and oxygen atoms in total. The van der Waals surface area contributed by atoms with Gasteiger partial charge in [0.1, 0.15) is 11.6 Å². The molecule has 0 unspecified atom stereocenters. The van der Waals surface area contributed by atoms with Crippen LogP contribution in [0.5, 0.6) is 0 Å². The summed E-state index contributed by atoms with van der Waals surface area (Å²) >= 11 is 0. The molecule has 98 valence electrons. The molecular formula is C16H10F2N2. The van der Waals surface area contributed by atoms with Crippen LogP contribution in [-0.4, -0.2) is 9.97 Å². The Labute approximate surface area is 113 Å². The standard InChI is InChI=1S/C16H10F2N2/c17-9-1-3-15-11(5-9)13(7-19-15)14-8-20-16-4-2-10(18)6-12(14)16/h1-8,19-20H. The molecule has 2 N–H and O–H groups in total. The summed E-state index contributed by atoms with van der Waals surface area (Å²) in [6.45, 7) is 0. The minimum Gasteiger partial charge on any atom is -0.361 e. The van der Waals surface area contributed by atoms with Gasteiger partial charge in [-0.15, -0.1) is 0 Å². The number of aromatic nitrogens is 2. The molecule has 4 heteroatoms. The van der Waals surface area contributed by atoms with Crippen molar-refractivity contribution < 1.29 is 8.78 Å². The van der Waals surface area contributed by atoms with Gasteiger partial charge in [0.2, 0.25) is 0 Å². The fourth-order valence-corrected chi connectivity index (χ4v) is 2.63. The quantitative estimate of drug-likeness (QED) is 0.506. The van der Waals surface area contributed by atoms with E-state index in [2.05, 4.69) is 9.97 Å². The Morgan fingerprint density at radius 1 is 0.650 bits per heavy atom. The van der Waals surface area contributed by atoms with E-state index in [0.717, 1.165) is 32.9 Å². The van der Waals surface area contributed by atoms with Crippen molar-refractivity contribution in [3.63, 3.8) is 0 Å². The number of hydrogen-bond acceptors (Lipinski definition) is 0. The predicted octanol–water partition coefficient (Wildman–Crippen LogP) is 4.59. The van der Waals surface area contributed by atoms with Crippen LogP contribution in [-0.2, 0) is 0 Å². The third-order valence-corrected chi connectivity index (χ3v) is 3.58. The van der Waals surface area contributed by atoms with Crippen molar-refractivity contribution in [2.75, 3.05) is 0 Å². The van der Waals surface area contributed by atoms with Crippen LogP contribution in [0.25, 0.3) is 32.9 Å². The molecule has 0 bridgehead atoms. The van der Waals surface area contributed by atoms with E-state index < -0.39 is 0 Å². The highest BCUT2D eigenvalue weighted by Crippen LogP contribution is 2.34. The first-order chi connectivity index (χ1) is 9.72. The molecule has 0 saturated heterocycles. The Balaban J connectivity index is 2.06. The van der Waals surface area contributed by atoms with Crippen molar-refractivity contribution >= 4 is 21.8 Å². The summed E-state index contributed by atoms with van der Waals surface area (Å²) in [5.41, 5.74) is 3.42. The molecule has 0 amide bonds. The number of halogens is 2. The summed E-state index contributed by atoms with van der Waals surface area (Å²) in [7, 11) is 0. The zero-order valence-corrected chi connectivity index (χ0v) is 10.4. The fourth-order valence-electron chi connectivity index (χ4n) is 2.63. The minimum atomic E-state index is -0.288. The highest BCUT2D eigenvalue weighted by Gasteiger charge is 2.12. The van der Waals surface area contributed by atoms with Gasteiger partial charge in [0, 0.05) is 45.3 Å². The lowest BCUT2D eigenvalue weighted by atomic mass is 10.0. The van der Waals surface area contributed by atoms with Crippen LogP contribution in [0.2, 0.25) is 0 Å². The number of aromatic amines is 2. The topological polar surface area (TPSA) is 31.6 Å². The summed E-state index contributed by atoms with van der Waals surface area (Å²) in [4.78, 5) is 6.22. The van der Waals surface area contributed by atoms with Crippen molar-refractivity contribution in [1.29, 1.82) is 0 Å². The predicted molar refractivity (Wildman–Crippen MR) is 75.5 cm³/mol. The molecule has 20 heavy (non-hydrogen) atoms. The highest BCUT2D eigenvalue weighted by molar-refractivity contribution is 6.04. The van der Waals surface area contributed by atoms with Gasteiger partial charge in [-0.1, -0.05) is 0 Å². The summed E-state index contributed by atoms with van der Waals surface area (Å²) in [5, 5.41) is 1.57. The summed E-state index contributed by atoms with van der Waals surface area (Å²) in [5.74, 6) is -0.575. The second-order valence-corrected chi connectivity index (χ2v) is 4.78. The molecule has 0 aliphatic heterocycles. The van der Waals surface area contributed by atoms with Crippen LogP contribution in [0.1, 0.15) is 0 Å². The van der Waals surface area contributed by atoms with Crippen LogP contribution in [0.3, 0.4) is 0 Å². The third-order valence-electron chi connectivity index (χ3n) is 3.58. The van der Waals surface area contributed by atoms with Crippen LogP contribution >= 0.6 is 0 Å². The summed E-state index contributed by atoms with van der Waals surface area (Å²) in [6.07, 6.45) is 3.63. The van der Waals surface area contributed by atoms with Crippen molar-refractivity contribution in [3.8, 4) is 11.1 Å². The minimum absolute atomic E-state index is 0.288. The fraction of sp³-hybridized carbons (Fsp3) is 0. The van der Waals surface area contributed by atoms with Crippen molar-refractivity contribution in [2.45, 2.75) is 0 Å². The maximum absolute atomic E-state index is 13.4. The lowest BCUT2D eigenvalue weighted by Crippen LogP contribution is -1.77. The van der Waals surface area contributed by atoms with Crippen LogP contribution in [0.4, 0.5) is 8.78 Å². The SMILES string of the molecule is Fc1ccc2[nH]cc(-c3c[nH]c4ccc(F)cc34)c2c1. The van der Waals surface area contributed by atoms with Gasteiger partial charge in [0.05, 0.1) is 0 Å². The third kappa shape index (κ3) is 1.54. The van der Waals surface area contributed by atoms with Gasteiger partial charge in [0.25, 0.3) is 0 Å². The van der Waals surface area contributed by atoms with E-state index in [9.17, 15) is 8.78 Å². The molecular weight excluding hydrogens is 258 g/mol. The first-order valence-electron chi connectivity index (χ1n) is 6.26. The van der Waals surface area contributed by atoms with E-state index in [-0.39, 0.29) is 11.6 Å². The number of rotatable bonds is 1. The van der Waals surface area contributed by atoms with Crippen molar-refractivity contribution in [1.82, 2.24) is 9.97 Å². The average Bonchev–Trinajstić information content (AvgIpc) is 3.01. The van der Waals surface area contributed by atoms with Gasteiger partial charge < -0.3 is 9.97 Å². The molecule has 2 heterocycles. The Bertz CT molecular complexity index is 856. The smallest absolute Gasteiger partial charge is 0.123 e. The van der Waals surface area contributed by atoms with Crippen LogP contribution in [0, 0.1) is 11.6 Å². The monoisotopic (exact) mass is 268 g/mol. The molecule has 2 aromatic carbocycles. The van der Waals surface area contributed by atoms with Gasteiger partial charge in [-0.05, 0) is 36.4 Å². The van der Waals surface area contributed by atoms with Gasteiger partial charge >= 0.3 is 0 Å². The molecule has 0 radical (unpaired) electrons. The second-order valence-electron chi connectivity index (χ2n) is 4.78. The van der Waals surface area contributed by atoms with E-state index >= 15 is 0 Å². The first kappa shape index (κ1) is 11.2. The second kappa shape index (κ2) is 3.93. The number of H-pyrrole nitrogens is 2. The van der Waals surface area contributed by atoms with E-state index in [1.54, 1.807) is 12.1 Å². The lowest BCUT2D eigenvalue weighted by Gasteiger charge is -1.98. The Morgan fingerprint density at radius 3 is 1.55 bits per heavy atom. The lowest BCUT2D eigenvalue weighted by molar-refractivity contribution is 0.629. The Morgan fingerprint density at radius 2 is 1.10 bits per heavy atom. The Kier molecular flexibility index (Phi) is 2.21.